The molecule has 78 valence electrons. The molecule has 1 aliphatic rings. The lowest BCUT2D eigenvalue weighted by molar-refractivity contribution is 0.214. The maximum Gasteiger partial charge on any atom is 0.301 e. The first-order valence-electron chi connectivity index (χ1n) is 4.46. The molecular weight excluding hydrogens is 192 g/mol. The molecule has 1 aliphatic heterocycles. The molecule has 0 radical (unpaired) electrons. The summed E-state index contributed by atoms with van der Waals surface area (Å²) < 4.78 is 22.9. The van der Waals surface area contributed by atoms with Gasteiger partial charge in [0.25, 0.3) is 0 Å². The fraction of sp³-hybridized carbons (Fsp3) is 1.00. The molecule has 1 saturated heterocycles. The van der Waals surface area contributed by atoms with Crippen molar-refractivity contribution in [2.45, 2.75) is 6.42 Å². The van der Waals surface area contributed by atoms with E-state index in [4.69, 9.17) is 4.55 Å². The van der Waals surface area contributed by atoms with Crippen molar-refractivity contribution in [3.63, 3.8) is 0 Å². The number of hydrogen-bond donors (Lipinski definition) is 2. The van der Waals surface area contributed by atoms with E-state index < -0.39 is 11.4 Å². The smallest absolute Gasteiger partial charge is 0.301 e. The molecule has 1 unspecified atom stereocenters. The van der Waals surface area contributed by atoms with Crippen LogP contribution in [-0.2, 0) is 15.5 Å². The molecule has 1 rings (SSSR count). The van der Waals surface area contributed by atoms with Crippen molar-refractivity contribution in [1.29, 1.82) is 0 Å². The molecule has 0 aromatic carbocycles. The standard InChI is InChI=1S/C7H16N2O3S/c10-13(11)12-7-1-4-9-5-2-8-3-6-9/h8H,1-7H2,(H,10,11). The minimum atomic E-state index is -2.10. The lowest BCUT2D eigenvalue weighted by Gasteiger charge is -2.26. The Hall–Kier alpha value is -0.0100. The number of piperazine rings is 1. The van der Waals surface area contributed by atoms with Gasteiger partial charge in [-0.2, -0.15) is 4.21 Å². The van der Waals surface area contributed by atoms with Gasteiger partial charge in [-0.05, 0) is 6.42 Å². The Morgan fingerprint density at radius 1 is 1.46 bits per heavy atom. The third-order valence-electron chi connectivity index (χ3n) is 2.01. The topological polar surface area (TPSA) is 61.8 Å². The van der Waals surface area contributed by atoms with Gasteiger partial charge in [-0.25, -0.2) is 0 Å². The number of rotatable bonds is 5. The van der Waals surface area contributed by atoms with Gasteiger partial charge in [0.05, 0.1) is 6.61 Å². The summed E-state index contributed by atoms with van der Waals surface area (Å²) in [6.07, 6.45) is 0.812. The van der Waals surface area contributed by atoms with Gasteiger partial charge in [0.1, 0.15) is 0 Å². The summed E-state index contributed by atoms with van der Waals surface area (Å²) in [6, 6.07) is 0. The molecule has 1 heterocycles. The second kappa shape index (κ2) is 6.44. The van der Waals surface area contributed by atoms with Crippen LogP contribution in [0.4, 0.5) is 0 Å². The lowest BCUT2D eigenvalue weighted by atomic mass is 10.3. The zero-order valence-electron chi connectivity index (χ0n) is 7.57. The Bertz CT molecular complexity index is 162. The van der Waals surface area contributed by atoms with E-state index in [-0.39, 0.29) is 0 Å². The molecule has 0 saturated carbocycles. The summed E-state index contributed by atoms with van der Waals surface area (Å²) in [4.78, 5) is 2.32. The largest absolute Gasteiger partial charge is 0.314 e. The highest BCUT2D eigenvalue weighted by molar-refractivity contribution is 7.74. The third kappa shape index (κ3) is 5.33. The zero-order chi connectivity index (χ0) is 9.52. The molecule has 0 aliphatic carbocycles. The molecule has 0 aromatic rings. The summed E-state index contributed by atoms with van der Waals surface area (Å²) in [5, 5.41) is 3.26. The number of hydrogen-bond acceptors (Lipinski definition) is 4. The SMILES string of the molecule is O=S(O)OCCCN1CCNCC1. The molecule has 5 nitrogen and oxygen atoms in total. The van der Waals surface area contributed by atoms with Crippen LogP contribution in [-0.4, -0.2) is 53.0 Å². The molecule has 1 fully saturated rings. The Labute approximate surface area is 80.9 Å². The highest BCUT2D eigenvalue weighted by Crippen LogP contribution is 1.95. The van der Waals surface area contributed by atoms with Gasteiger partial charge in [-0.3, -0.25) is 8.74 Å². The third-order valence-corrected chi connectivity index (χ3v) is 2.38. The number of nitrogens with one attached hydrogen (secondary N) is 1. The van der Waals surface area contributed by atoms with Crippen LogP contribution in [0.1, 0.15) is 6.42 Å². The van der Waals surface area contributed by atoms with Gasteiger partial charge < -0.3 is 10.2 Å². The molecule has 0 aromatic heterocycles. The van der Waals surface area contributed by atoms with Gasteiger partial charge in [0.15, 0.2) is 0 Å². The summed E-state index contributed by atoms with van der Waals surface area (Å²) >= 11 is -2.10. The van der Waals surface area contributed by atoms with Crippen LogP contribution < -0.4 is 5.32 Å². The van der Waals surface area contributed by atoms with E-state index in [2.05, 4.69) is 14.4 Å². The van der Waals surface area contributed by atoms with E-state index in [0.717, 1.165) is 39.1 Å². The van der Waals surface area contributed by atoms with Crippen LogP contribution in [0.25, 0.3) is 0 Å². The normalized spacial score (nSPS) is 21.6. The van der Waals surface area contributed by atoms with Crippen molar-refractivity contribution in [2.75, 3.05) is 39.3 Å². The van der Waals surface area contributed by atoms with Crippen LogP contribution in [0.3, 0.4) is 0 Å². The molecule has 1 atom stereocenters. The van der Waals surface area contributed by atoms with Crippen molar-refractivity contribution in [3.05, 3.63) is 0 Å². The maximum absolute atomic E-state index is 10.1. The van der Waals surface area contributed by atoms with Crippen LogP contribution in [0.15, 0.2) is 0 Å². The van der Waals surface area contributed by atoms with Crippen LogP contribution in [0.2, 0.25) is 0 Å². The first-order chi connectivity index (χ1) is 6.29. The van der Waals surface area contributed by atoms with E-state index >= 15 is 0 Å². The van der Waals surface area contributed by atoms with Gasteiger partial charge >= 0.3 is 11.4 Å². The summed E-state index contributed by atoms with van der Waals surface area (Å²) in [7, 11) is 0. The average Bonchev–Trinajstić information content (AvgIpc) is 2.14. The first-order valence-corrected chi connectivity index (χ1v) is 5.49. The molecule has 13 heavy (non-hydrogen) atoms. The predicted octanol–water partition coefficient (Wildman–Crippen LogP) is -0.565. The molecule has 0 bridgehead atoms. The minimum Gasteiger partial charge on any atom is -0.314 e. The lowest BCUT2D eigenvalue weighted by Crippen LogP contribution is -2.43. The van der Waals surface area contributed by atoms with Crippen molar-refractivity contribution in [2.24, 2.45) is 0 Å². The molecule has 6 heteroatoms. The van der Waals surface area contributed by atoms with Gasteiger partial charge in [0.2, 0.25) is 0 Å². The molecule has 2 N–H and O–H groups in total. The van der Waals surface area contributed by atoms with Gasteiger partial charge in [0, 0.05) is 32.7 Å². The van der Waals surface area contributed by atoms with Crippen molar-refractivity contribution in [3.8, 4) is 0 Å². The predicted molar refractivity (Wildman–Crippen MR) is 50.6 cm³/mol. The van der Waals surface area contributed by atoms with Crippen LogP contribution in [0, 0.1) is 0 Å². The quantitative estimate of drug-likeness (QED) is 0.468. The van der Waals surface area contributed by atoms with Crippen LogP contribution in [0.5, 0.6) is 0 Å². The summed E-state index contributed by atoms with van der Waals surface area (Å²) in [6.45, 7) is 5.48. The highest BCUT2D eigenvalue weighted by Gasteiger charge is 2.08. The first kappa shape index (κ1) is 11.1. The van der Waals surface area contributed by atoms with Crippen molar-refractivity contribution < 1.29 is 12.9 Å². The van der Waals surface area contributed by atoms with E-state index in [1.807, 2.05) is 0 Å². The second-order valence-corrected chi connectivity index (χ2v) is 3.65. The van der Waals surface area contributed by atoms with Crippen molar-refractivity contribution in [1.82, 2.24) is 10.2 Å². The fourth-order valence-electron chi connectivity index (χ4n) is 1.35. The molecule has 0 amide bonds. The minimum absolute atomic E-state index is 0.354. The number of nitrogens with zero attached hydrogens (tertiary/aromatic N) is 1. The van der Waals surface area contributed by atoms with Crippen molar-refractivity contribution >= 4 is 11.4 Å². The fourth-order valence-corrected chi connectivity index (χ4v) is 1.61. The average molecular weight is 208 g/mol. The second-order valence-electron chi connectivity index (χ2n) is 2.98. The molecular formula is C7H16N2O3S. The van der Waals surface area contributed by atoms with E-state index in [9.17, 15) is 4.21 Å². The monoisotopic (exact) mass is 208 g/mol. The molecule has 0 spiro atoms. The zero-order valence-corrected chi connectivity index (χ0v) is 8.39. The highest BCUT2D eigenvalue weighted by atomic mass is 32.2. The Kier molecular flexibility index (Phi) is 5.49. The summed E-state index contributed by atoms with van der Waals surface area (Å²) in [5.74, 6) is 0. The van der Waals surface area contributed by atoms with E-state index in [1.165, 1.54) is 0 Å². The van der Waals surface area contributed by atoms with E-state index in [1.54, 1.807) is 0 Å². The van der Waals surface area contributed by atoms with Gasteiger partial charge in [-0.15, -0.1) is 0 Å². The van der Waals surface area contributed by atoms with Gasteiger partial charge in [-0.1, -0.05) is 0 Å². The van der Waals surface area contributed by atoms with E-state index in [0.29, 0.717) is 6.61 Å². The summed E-state index contributed by atoms with van der Waals surface area (Å²) in [5.41, 5.74) is 0. The Balaban J connectivity index is 1.95. The Morgan fingerprint density at radius 2 is 2.15 bits per heavy atom. The van der Waals surface area contributed by atoms with Crippen LogP contribution >= 0.6 is 0 Å². The maximum atomic E-state index is 10.1. The Morgan fingerprint density at radius 3 is 2.77 bits per heavy atom.